The number of rotatable bonds is 6. The zero-order valence-corrected chi connectivity index (χ0v) is 11.5. The quantitative estimate of drug-likeness (QED) is 0.743. The van der Waals surface area contributed by atoms with Gasteiger partial charge in [0.15, 0.2) is 0 Å². The highest BCUT2D eigenvalue weighted by Gasteiger charge is 2.18. The van der Waals surface area contributed by atoms with Crippen LogP contribution in [-0.2, 0) is 14.8 Å². The predicted molar refractivity (Wildman–Crippen MR) is 64.5 cm³/mol. The molecule has 0 aromatic carbocycles. The monoisotopic (exact) mass is 250 g/mol. The lowest BCUT2D eigenvalue weighted by atomic mass is 10.0. The Bertz CT molecular complexity index is 327. The molecule has 6 heteroatoms. The minimum atomic E-state index is -3.29. The number of likely N-dealkylation sites (N-methyl/N-ethyl adjacent to an activating group) is 1. The molecule has 96 valence electrons. The van der Waals surface area contributed by atoms with Crippen molar-refractivity contribution in [2.45, 2.75) is 33.2 Å². The molecule has 0 aliphatic carbocycles. The van der Waals surface area contributed by atoms with Crippen molar-refractivity contribution in [3.05, 3.63) is 0 Å². The van der Waals surface area contributed by atoms with Crippen LogP contribution in [0.2, 0.25) is 0 Å². The minimum Gasteiger partial charge on any atom is -0.352 e. The molecule has 2 unspecified atom stereocenters. The van der Waals surface area contributed by atoms with Crippen molar-refractivity contribution in [2.75, 3.05) is 19.8 Å². The first kappa shape index (κ1) is 15.4. The van der Waals surface area contributed by atoms with Crippen LogP contribution >= 0.6 is 0 Å². The summed E-state index contributed by atoms with van der Waals surface area (Å²) in [6, 6.07) is 0.0606. The Labute approximate surface area is 98.3 Å². The summed E-state index contributed by atoms with van der Waals surface area (Å²) in [5, 5.41) is 2.79. The van der Waals surface area contributed by atoms with E-state index in [4.69, 9.17) is 0 Å². The number of hydrogen-bond acceptors (Lipinski definition) is 3. The molecule has 0 bridgehead atoms. The highest BCUT2D eigenvalue weighted by molar-refractivity contribution is 7.88. The molecule has 1 N–H and O–H groups in total. The number of carbonyl (C=O) groups is 1. The third-order valence-electron chi connectivity index (χ3n) is 2.82. The second-order valence-corrected chi connectivity index (χ2v) is 6.35. The standard InChI is InChI=1S/C10H22N2O3S/c1-6-8(2)9(3)11-10(13)7-12(4)16(5,14)15/h8-9H,6-7H2,1-5H3,(H,11,13). The molecule has 0 aliphatic rings. The van der Waals surface area contributed by atoms with Crippen molar-refractivity contribution in [3.63, 3.8) is 0 Å². The fourth-order valence-electron chi connectivity index (χ4n) is 1.11. The zero-order valence-electron chi connectivity index (χ0n) is 10.6. The maximum Gasteiger partial charge on any atom is 0.235 e. The SMILES string of the molecule is CCC(C)C(C)NC(=O)CN(C)S(C)(=O)=O. The largest absolute Gasteiger partial charge is 0.352 e. The molecule has 0 fully saturated rings. The van der Waals surface area contributed by atoms with Crippen molar-refractivity contribution < 1.29 is 13.2 Å². The van der Waals surface area contributed by atoms with Crippen LogP contribution in [-0.4, -0.2) is 44.5 Å². The molecule has 0 aliphatic heterocycles. The second-order valence-electron chi connectivity index (χ2n) is 4.26. The van der Waals surface area contributed by atoms with E-state index in [0.717, 1.165) is 17.0 Å². The lowest BCUT2D eigenvalue weighted by molar-refractivity contribution is -0.122. The van der Waals surface area contributed by atoms with E-state index < -0.39 is 10.0 Å². The third-order valence-corrected chi connectivity index (χ3v) is 4.08. The van der Waals surface area contributed by atoms with Gasteiger partial charge in [0.25, 0.3) is 0 Å². The summed E-state index contributed by atoms with van der Waals surface area (Å²) in [5.41, 5.74) is 0. The Kier molecular flexibility index (Phi) is 5.96. The van der Waals surface area contributed by atoms with Gasteiger partial charge in [0.05, 0.1) is 12.8 Å². The summed E-state index contributed by atoms with van der Waals surface area (Å²) >= 11 is 0. The number of amides is 1. The van der Waals surface area contributed by atoms with Gasteiger partial charge in [-0.2, -0.15) is 4.31 Å². The molecule has 0 spiro atoms. The van der Waals surface area contributed by atoms with Gasteiger partial charge in [0, 0.05) is 13.1 Å². The first-order valence-corrected chi connectivity index (χ1v) is 7.24. The normalized spacial score (nSPS) is 15.9. The average molecular weight is 250 g/mol. The van der Waals surface area contributed by atoms with E-state index in [9.17, 15) is 13.2 Å². The lowest BCUT2D eigenvalue weighted by Crippen LogP contribution is -2.43. The highest BCUT2D eigenvalue weighted by atomic mass is 32.2. The van der Waals surface area contributed by atoms with E-state index in [1.54, 1.807) is 0 Å². The van der Waals surface area contributed by atoms with Crippen molar-refractivity contribution in [2.24, 2.45) is 5.92 Å². The van der Waals surface area contributed by atoms with Crippen LogP contribution < -0.4 is 5.32 Å². The third kappa shape index (κ3) is 5.46. The maximum absolute atomic E-state index is 11.5. The second kappa shape index (κ2) is 6.20. The molecule has 2 atom stereocenters. The number of hydrogen-bond donors (Lipinski definition) is 1. The summed E-state index contributed by atoms with van der Waals surface area (Å²) < 4.78 is 23.2. The van der Waals surface area contributed by atoms with E-state index in [2.05, 4.69) is 12.2 Å². The van der Waals surface area contributed by atoms with Gasteiger partial charge >= 0.3 is 0 Å². The van der Waals surface area contributed by atoms with Crippen molar-refractivity contribution in [1.82, 2.24) is 9.62 Å². The summed E-state index contributed by atoms with van der Waals surface area (Å²) in [6.45, 7) is 5.90. The van der Waals surface area contributed by atoms with Gasteiger partial charge in [0.2, 0.25) is 15.9 Å². The molecular weight excluding hydrogens is 228 g/mol. The van der Waals surface area contributed by atoms with Gasteiger partial charge in [-0.05, 0) is 12.8 Å². The minimum absolute atomic E-state index is 0.0606. The van der Waals surface area contributed by atoms with Gasteiger partial charge in [-0.25, -0.2) is 8.42 Å². The molecule has 0 aromatic heterocycles. The van der Waals surface area contributed by atoms with Crippen LogP contribution in [0.3, 0.4) is 0 Å². The van der Waals surface area contributed by atoms with Gasteiger partial charge < -0.3 is 5.32 Å². The zero-order chi connectivity index (χ0) is 12.9. The molecule has 0 radical (unpaired) electrons. The van der Waals surface area contributed by atoms with Crippen LogP contribution in [0.15, 0.2) is 0 Å². The Hall–Kier alpha value is -0.620. The average Bonchev–Trinajstić information content (AvgIpc) is 2.14. The molecule has 1 amide bonds. The van der Waals surface area contributed by atoms with E-state index in [1.165, 1.54) is 7.05 Å². The van der Waals surface area contributed by atoms with Crippen molar-refractivity contribution in [3.8, 4) is 0 Å². The van der Waals surface area contributed by atoms with Crippen molar-refractivity contribution in [1.29, 1.82) is 0 Å². The van der Waals surface area contributed by atoms with Crippen LogP contribution in [0.25, 0.3) is 0 Å². The van der Waals surface area contributed by atoms with Crippen LogP contribution in [0, 0.1) is 5.92 Å². The smallest absolute Gasteiger partial charge is 0.235 e. The fourth-order valence-corrected chi connectivity index (χ4v) is 1.47. The first-order valence-electron chi connectivity index (χ1n) is 5.39. The number of nitrogens with zero attached hydrogens (tertiary/aromatic N) is 1. The van der Waals surface area contributed by atoms with Gasteiger partial charge in [-0.3, -0.25) is 4.79 Å². The number of nitrogens with one attached hydrogen (secondary N) is 1. The maximum atomic E-state index is 11.5. The number of carbonyl (C=O) groups excluding carboxylic acids is 1. The fraction of sp³-hybridized carbons (Fsp3) is 0.900. The van der Waals surface area contributed by atoms with Gasteiger partial charge in [0.1, 0.15) is 0 Å². The Morgan fingerprint density at radius 2 is 1.88 bits per heavy atom. The van der Waals surface area contributed by atoms with Crippen LogP contribution in [0.5, 0.6) is 0 Å². The van der Waals surface area contributed by atoms with E-state index >= 15 is 0 Å². The Morgan fingerprint density at radius 1 is 1.38 bits per heavy atom. The first-order chi connectivity index (χ1) is 7.18. The summed E-state index contributed by atoms with van der Waals surface area (Å²) in [6.07, 6.45) is 2.06. The predicted octanol–water partition coefficient (Wildman–Crippen LogP) is 0.429. The molecule has 0 rings (SSSR count). The van der Waals surface area contributed by atoms with Crippen LogP contribution in [0.1, 0.15) is 27.2 Å². The topological polar surface area (TPSA) is 66.5 Å². The molecular formula is C10H22N2O3S. The Morgan fingerprint density at radius 3 is 2.25 bits per heavy atom. The van der Waals surface area contributed by atoms with Crippen molar-refractivity contribution >= 4 is 15.9 Å². The molecule has 0 aromatic rings. The summed E-state index contributed by atoms with van der Waals surface area (Å²) in [7, 11) is -1.90. The van der Waals surface area contributed by atoms with Gasteiger partial charge in [-0.15, -0.1) is 0 Å². The highest BCUT2D eigenvalue weighted by Crippen LogP contribution is 2.06. The van der Waals surface area contributed by atoms with Crippen LogP contribution in [0.4, 0.5) is 0 Å². The van der Waals surface area contributed by atoms with E-state index in [1.807, 2.05) is 13.8 Å². The Balaban J connectivity index is 4.20. The number of sulfonamides is 1. The summed E-state index contributed by atoms with van der Waals surface area (Å²) in [4.78, 5) is 11.5. The van der Waals surface area contributed by atoms with E-state index in [0.29, 0.717) is 5.92 Å². The molecule has 0 heterocycles. The molecule has 5 nitrogen and oxygen atoms in total. The summed E-state index contributed by atoms with van der Waals surface area (Å²) in [5.74, 6) is 0.119. The lowest BCUT2D eigenvalue weighted by Gasteiger charge is -2.21. The molecule has 0 saturated heterocycles. The molecule has 0 saturated carbocycles. The molecule has 16 heavy (non-hydrogen) atoms. The van der Waals surface area contributed by atoms with E-state index in [-0.39, 0.29) is 18.5 Å². The van der Waals surface area contributed by atoms with Gasteiger partial charge in [-0.1, -0.05) is 20.3 Å².